The molecule has 84 valence electrons. The highest BCUT2D eigenvalue weighted by Crippen LogP contribution is 2.31. The molecule has 0 unspecified atom stereocenters. The van der Waals surface area contributed by atoms with Gasteiger partial charge in [-0.25, -0.2) is 18.2 Å². The van der Waals surface area contributed by atoms with Gasteiger partial charge >= 0.3 is 0 Å². The summed E-state index contributed by atoms with van der Waals surface area (Å²) in [6.45, 7) is 0. The van der Waals surface area contributed by atoms with Crippen molar-refractivity contribution in [2.75, 3.05) is 0 Å². The minimum absolute atomic E-state index is 0.0560. The average Bonchev–Trinajstić information content (AvgIpc) is 2.19. The maximum Gasteiger partial charge on any atom is 0.280 e. The largest absolute Gasteiger partial charge is 0.280 e. The first-order valence-electron chi connectivity index (χ1n) is 4.22. The number of halogens is 5. The molecular weight excluding hydrogens is 306 g/mol. The molecule has 16 heavy (non-hydrogen) atoms. The van der Waals surface area contributed by atoms with Gasteiger partial charge in [0.15, 0.2) is 5.82 Å². The van der Waals surface area contributed by atoms with Crippen molar-refractivity contribution in [2.45, 2.75) is 6.43 Å². The molecule has 0 fully saturated rings. The number of alkyl halides is 2. The van der Waals surface area contributed by atoms with Crippen LogP contribution in [0.15, 0.2) is 22.7 Å². The summed E-state index contributed by atoms with van der Waals surface area (Å²) in [5, 5.41) is 0.360. The molecule has 0 amide bonds. The molecule has 0 radical (unpaired) electrons. The van der Waals surface area contributed by atoms with Crippen LogP contribution in [0.4, 0.5) is 13.2 Å². The van der Waals surface area contributed by atoms with Crippen molar-refractivity contribution in [3.05, 3.63) is 39.2 Å². The molecule has 1 aromatic heterocycles. The van der Waals surface area contributed by atoms with Crippen molar-refractivity contribution in [1.82, 2.24) is 4.98 Å². The zero-order valence-corrected chi connectivity index (χ0v) is 9.99. The zero-order chi connectivity index (χ0) is 11.9. The fraction of sp³-hybridized carbons (Fsp3) is 0.100. The number of rotatable bonds is 1. The molecule has 1 heterocycles. The van der Waals surface area contributed by atoms with Crippen LogP contribution in [0.3, 0.4) is 0 Å². The quantitative estimate of drug-likeness (QED) is 0.742. The summed E-state index contributed by atoms with van der Waals surface area (Å²) in [5.74, 6) is -0.686. The van der Waals surface area contributed by atoms with Crippen molar-refractivity contribution in [3.63, 3.8) is 0 Å². The van der Waals surface area contributed by atoms with E-state index in [1.54, 1.807) is 0 Å². The maximum absolute atomic E-state index is 13.5. The third kappa shape index (κ3) is 2.01. The van der Waals surface area contributed by atoms with Gasteiger partial charge in [-0.05, 0) is 18.2 Å². The van der Waals surface area contributed by atoms with E-state index in [2.05, 4.69) is 20.9 Å². The topological polar surface area (TPSA) is 12.9 Å². The van der Waals surface area contributed by atoms with Crippen molar-refractivity contribution in [1.29, 1.82) is 0 Å². The predicted octanol–water partition coefficient (Wildman–Crippen LogP) is 4.73. The zero-order valence-electron chi connectivity index (χ0n) is 7.65. The normalized spacial score (nSPS) is 11.4. The van der Waals surface area contributed by atoms with Crippen LogP contribution in [0, 0.1) is 5.82 Å². The van der Waals surface area contributed by atoms with Gasteiger partial charge in [-0.3, -0.25) is 0 Å². The third-order valence-corrected chi connectivity index (χ3v) is 2.80. The second kappa shape index (κ2) is 4.22. The smallest absolute Gasteiger partial charge is 0.244 e. The summed E-state index contributed by atoms with van der Waals surface area (Å²) in [5.41, 5.74) is -0.676. The number of benzene rings is 1. The van der Waals surface area contributed by atoms with Crippen molar-refractivity contribution < 1.29 is 13.2 Å². The van der Waals surface area contributed by atoms with E-state index in [1.807, 2.05) is 0 Å². The summed E-state index contributed by atoms with van der Waals surface area (Å²) in [4.78, 5) is 3.55. The molecule has 0 N–H and O–H groups in total. The van der Waals surface area contributed by atoms with Gasteiger partial charge in [-0.15, -0.1) is 0 Å². The lowest BCUT2D eigenvalue weighted by Crippen LogP contribution is -1.94. The minimum atomic E-state index is -2.77. The molecule has 0 spiro atoms. The lowest BCUT2D eigenvalue weighted by Gasteiger charge is -2.06. The number of fused-ring (bicyclic) bond motifs is 1. The maximum atomic E-state index is 13.5. The lowest BCUT2D eigenvalue weighted by molar-refractivity contribution is 0.146. The molecule has 0 atom stereocenters. The molecule has 1 nitrogen and oxygen atoms in total. The Morgan fingerprint density at radius 1 is 1.25 bits per heavy atom. The Balaban J connectivity index is 2.82. The van der Waals surface area contributed by atoms with Crippen LogP contribution in [0.25, 0.3) is 10.9 Å². The third-order valence-electron chi connectivity index (χ3n) is 2.02. The molecule has 0 saturated carbocycles. The molecule has 0 aliphatic carbocycles. The molecule has 2 aromatic rings. The Hall–Kier alpha value is -0.810. The minimum Gasteiger partial charge on any atom is -0.244 e. The fourth-order valence-corrected chi connectivity index (χ4v) is 2.03. The lowest BCUT2D eigenvalue weighted by atomic mass is 10.2. The Kier molecular flexibility index (Phi) is 3.08. The highest BCUT2D eigenvalue weighted by Gasteiger charge is 2.15. The van der Waals surface area contributed by atoms with Crippen LogP contribution in [0.5, 0.6) is 0 Å². The number of aromatic nitrogens is 1. The average molecular weight is 310 g/mol. The van der Waals surface area contributed by atoms with Crippen LogP contribution in [-0.2, 0) is 0 Å². The van der Waals surface area contributed by atoms with Crippen LogP contribution in [0.1, 0.15) is 12.1 Å². The van der Waals surface area contributed by atoms with Crippen LogP contribution < -0.4 is 0 Å². The van der Waals surface area contributed by atoms with E-state index >= 15 is 0 Å². The molecule has 0 aliphatic rings. The van der Waals surface area contributed by atoms with Gasteiger partial charge in [0, 0.05) is 9.86 Å². The molecule has 0 aliphatic heterocycles. The number of nitrogens with zero attached hydrogens (tertiary/aromatic N) is 1. The van der Waals surface area contributed by atoms with Gasteiger partial charge in [-0.1, -0.05) is 27.5 Å². The van der Waals surface area contributed by atoms with Crippen molar-refractivity contribution in [3.8, 4) is 0 Å². The van der Waals surface area contributed by atoms with E-state index in [1.165, 1.54) is 6.07 Å². The SMILES string of the molecule is Fc1cc(Br)cc2c(Cl)cc(C(F)F)nc12. The van der Waals surface area contributed by atoms with Gasteiger partial charge in [0.25, 0.3) is 6.43 Å². The number of pyridine rings is 1. The molecule has 0 bridgehead atoms. The van der Waals surface area contributed by atoms with E-state index in [-0.39, 0.29) is 10.5 Å². The monoisotopic (exact) mass is 309 g/mol. The summed E-state index contributed by atoms with van der Waals surface area (Å²) >= 11 is 8.88. The van der Waals surface area contributed by atoms with Gasteiger partial charge < -0.3 is 0 Å². The first-order chi connectivity index (χ1) is 7.49. The fourth-order valence-electron chi connectivity index (χ4n) is 1.34. The molecule has 2 rings (SSSR count). The van der Waals surface area contributed by atoms with E-state index in [9.17, 15) is 13.2 Å². The van der Waals surface area contributed by atoms with Crippen molar-refractivity contribution in [2.24, 2.45) is 0 Å². The number of hydrogen-bond donors (Lipinski definition) is 0. The molecular formula is C10H4BrClF3N. The summed E-state index contributed by atoms with van der Waals surface area (Å²) < 4.78 is 38.8. The summed E-state index contributed by atoms with van der Waals surface area (Å²) in [6.07, 6.45) is -2.77. The van der Waals surface area contributed by atoms with Crippen LogP contribution in [0.2, 0.25) is 5.02 Å². The summed E-state index contributed by atoms with van der Waals surface area (Å²) in [7, 11) is 0. The molecule has 6 heteroatoms. The second-order valence-corrected chi connectivity index (χ2v) is 4.44. The van der Waals surface area contributed by atoms with Gasteiger partial charge in [0.05, 0.1) is 5.02 Å². The first-order valence-corrected chi connectivity index (χ1v) is 5.39. The number of hydrogen-bond acceptors (Lipinski definition) is 1. The second-order valence-electron chi connectivity index (χ2n) is 3.11. The Morgan fingerprint density at radius 2 is 1.94 bits per heavy atom. The molecule has 0 saturated heterocycles. The summed E-state index contributed by atoms with van der Waals surface area (Å²) in [6, 6.07) is 3.73. The Labute approximate surface area is 102 Å². The van der Waals surface area contributed by atoms with Gasteiger partial charge in [0.2, 0.25) is 0 Å². The van der Waals surface area contributed by atoms with Crippen LogP contribution in [-0.4, -0.2) is 4.98 Å². The highest BCUT2D eigenvalue weighted by molar-refractivity contribution is 9.10. The van der Waals surface area contributed by atoms with E-state index in [0.29, 0.717) is 9.86 Å². The molecule has 1 aromatic carbocycles. The van der Waals surface area contributed by atoms with Gasteiger partial charge in [0.1, 0.15) is 11.2 Å². The predicted molar refractivity (Wildman–Crippen MR) is 59.4 cm³/mol. The van der Waals surface area contributed by atoms with E-state index in [4.69, 9.17) is 11.6 Å². The van der Waals surface area contributed by atoms with Crippen molar-refractivity contribution >= 4 is 38.4 Å². The van der Waals surface area contributed by atoms with E-state index in [0.717, 1.165) is 12.1 Å². The van der Waals surface area contributed by atoms with E-state index < -0.39 is 17.9 Å². The highest BCUT2D eigenvalue weighted by atomic mass is 79.9. The first kappa shape index (κ1) is 11.7. The van der Waals surface area contributed by atoms with Gasteiger partial charge in [-0.2, -0.15) is 0 Å². The Bertz CT molecular complexity index is 559. The standard InChI is InChI=1S/C10H4BrClF3N/c11-4-1-5-6(12)3-8(10(14)15)16-9(5)7(13)2-4/h1-3,10H. The Morgan fingerprint density at radius 3 is 2.56 bits per heavy atom. The van der Waals surface area contributed by atoms with Crippen LogP contribution >= 0.6 is 27.5 Å².